The van der Waals surface area contributed by atoms with Gasteiger partial charge in [0.1, 0.15) is 0 Å². The topological polar surface area (TPSA) is 150 Å². The van der Waals surface area contributed by atoms with Crippen molar-refractivity contribution in [2.24, 2.45) is 11.1 Å². The first kappa shape index (κ1) is 30.7. The van der Waals surface area contributed by atoms with Crippen molar-refractivity contribution in [2.75, 3.05) is 13.6 Å². The highest BCUT2D eigenvalue weighted by Crippen LogP contribution is 2.54. The Morgan fingerprint density at radius 1 is 1.11 bits per heavy atom. The molecule has 3 atom stereocenters. The third-order valence-electron chi connectivity index (χ3n) is 6.51. The Balaban J connectivity index is 3.55. The Hall–Kier alpha value is -2.35. The molecule has 0 saturated heterocycles. The van der Waals surface area contributed by atoms with Crippen molar-refractivity contribution >= 4 is 26.2 Å². The number of nitrogens with one attached hydrogen (secondary N) is 1. The summed E-state index contributed by atoms with van der Waals surface area (Å²) in [4.78, 5) is 40.8. The van der Waals surface area contributed by atoms with Gasteiger partial charge in [-0.1, -0.05) is 41.3 Å². The number of hydrogen-bond donors (Lipinski definition) is 4. The Morgan fingerprint density at radius 2 is 1.71 bits per heavy atom. The number of likely N-dealkylation sites (N-methyl/N-ethyl adjacent to an activating group) is 1. The number of unbranched alkanes of at least 4 members (excludes halogenated alkanes) is 1. The molecule has 196 valence electrons. The van der Waals surface area contributed by atoms with Crippen LogP contribution in [0.4, 0.5) is 0 Å². The van der Waals surface area contributed by atoms with Crippen molar-refractivity contribution in [3.63, 3.8) is 0 Å². The van der Waals surface area contributed by atoms with Gasteiger partial charge in [0.2, 0.25) is 11.8 Å². The third kappa shape index (κ3) is 6.66. The summed E-state index contributed by atoms with van der Waals surface area (Å²) in [5.41, 5.74) is 2.60. The van der Waals surface area contributed by atoms with Gasteiger partial charge in [0, 0.05) is 19.5 Å². The molecule has 0 saturated carbocycles. The maximum Gasteiger partial charge on any atom is 0.382 e. The minimum Gasteiger partial charge on any atom is -0.476 e. The molecule has 0 heterocycles. The number of hydrogen-bond acceptors (Lipinski definition) is 6. The van der Waals surface area contributed by atoms with Crippen molar-refractivity contribution in [1.82, 2.24) is 10.2 Å². The van der Waals surface area contributed by atoms with Crippen LogP contribution in [0.1, 0.15) is 65.4 Å². The summed E-state index contributed by atoms with van der Waals surface area (Å²) in [6, 6.07) is 9.16. The number of carboxylic acids is 1. The second-order valence-electron chi connectivity index (χ2n) is 9.75. The molecule has 0 fully saturated rings. The number of amides is 2. The molecular weight excluding hydrogens is 469 g/mol. The summed E-state index contributed by atoms with van der Waals surface area (Å²) in [6.07, 6.45) is 1.64. The first-order chi connectivity index (χ1) is 16.3. The normalized spacial score (nSPS) is 15.3. The van der Waals surface area contributed by atoms with Gasteiger partial charge in [-0.3, -0.25) is 14.5 Å². The van der Waals surface area contributed by atoms with Gasteiger partial charge in [-0.25, -0.2) is 4.79 Å². The van der Waals surface area contributed by atoms with Crippen LogP contribution in [0.5, 0.6) is 0 Å². The summed E-state index contributed by atoms with van der Waals surface area (Å²) < 4.78 is 12.9. The summed E-state index contributed by atoms with van der Waals surface area (Å²) in [6.45, 7) is 6.34. The molecule has 10 heteroatoms. The molecule has 0 aliphatic carbocycles. The summed E-state index contributed by atoms with van der Waals surface area (Å²) in [5.74, 6) is -2.96. The molecule has 1 rings (SSSR count). The minimum absolute atomic E-state index is 0.0125. The molecule has 0 bridgehead atoms. The van der Waals surface area contributed by atoms with Crippen molar-refractivity contribution in [2.45, 2.75) is 83.1 Å². The number of nitrogens with zero attached hydrogens (tertiary/aromatic N) is 1. The van der Waals surface area contributed by atoms with Crippen molar-refractivity contribution < 1.29 is 29.2 Å². The van der Waals surface area contributed by atoms with E-state index in [1.54, 1.807) is 13.8 Å². The molecule has 1 aromatic carbocycles. The van der Waals surface area contributed by atoms with E-state index in [4.69, 9.17) is 5.73 Å². The maximum absolute atomic E-state index is 13.7. The van der Waals surface area contributed by atoms with Gasteiger partial charge in [0.05, 0.1) is 5.60 Å². The van der Waals surface area contributed by atoms with Gasteiger partial charge >= 0.3 is 19.7 Å². The predicted octanol–water partition coefficient (Wildman–Crippen LogP) is 2.68. The van der Waals surface area contributed by atoms with E-state index in [1.165, 1.54) is 20.9 Å². The number of carboxylic acid groups (broad SMARTS) is 1. The van der Waals surface area contributed by atoms with Crippen LogP contribution in [0.2, 0.25) is 0 Å². The minimum atomic E-state index is -2.50. The average molecular weight is 511 g/mol. The fourth-order valence-electron chi connectivity index (χ4n) is 4.66. The fraction of sp³-hybridized carbons (Fsp3) is 0.640. The molecule has 5 N–H and O–H groups in total. The molecule has 2 unspecified atom stereocenters. The number of benzene rings is 1. The molecule has 0 radical (unpaired) electrons. The fourth-order valence-corrected chi connectivity index (χ4v) is 5.73. The Labute approximate surface area is 209 Å². The van der Waals surface area contributed by atoms with Crippen LogP contribution in [0.3, 0.4) is 0 Å². The number of rotatable bonds is 15. The molecule has 0 spiro atoms. The van der Waals surface area contributed by atoms with Gasteiger partial charge in [0.15, 0.2) is 5.41 Å². The van der Waals surface area contributed by atoms with E-state index in [1.807, 2.05) is 30.3 Å². The zero-order valence-electron chi connectivity index (χ0n) is 21.5. The van der Waals surface area contributed by atoms with Crippen molar-refractivity contribution in [3.05, 3.63) is 35.9 Å². The number of nitrogens with two attached hydrogens (primary N) is 1. The third-order valence-corrected chi connectivity index (χ3v) is 7.78. The zero-order chi connectivity index (χ0) is 26.9. The molecule has 0 aromatic heterocycles. The van der Waals surface area contributed by atoms with E-state index in [9.17, 15) is 29.2 Å². The van der Waals surface area contributed by atoms with Crippen LogP contribution < -0.4 is 11.1 Å². The number of aliphatic carboxylic acids is 1. The van der Waals surface area contributed by atoms with Crippen LogP contribution in [0, 0.1) is 5.41 Å². The van der Waals surface area contributed by atoms with Gasteiger partial charge in [-0.2, -0.15) is 0 Å². The van der Waals surface area contributed by atoms with E-state index < -0.39 is 42.5 Å². The van der Waals surface area contributed by atoms with Crippen molar-refractivity contribution in [3.8, 4) is 0 Å². The highest BCUT2D eigenvalue weighted by Gasteiger charge is 2.76. The number of aliphatic hydroxyl groups is 1. The maximum atomic E-state index is 13.7. The molecular formula is C25H41N3O6P+. The lowest BCUT2D eigenvalue weighted by atomic mass is 9.63. The monoisotopic (exact) mass is 510 g/mol. The summed E-state index contributed by atoms with van der Waals surface area (Å²) in [5, 5.41) is 22.0. The first-order valence-electron chi connectivity index (χ1n) is 12.0. The van der Waals surface area contributed by atoms with E-state index in [0.29, 0.717) is 32.2 Å². The van der Waals surface area contributed by atoms with E-state index in [0.717, 1.165) is 10.5 Å². The number of carbonyl (C=O) groups is 3. The van der Waals surface area contributed by atoms with Gasteiger partial charge in [-0.05, 0) is 65.5 Å². The predicted molar refractivity (Wildman–Crippen MR) is 136 cm³/mol. The van der Waals surface area contributed by atoms with Gasteiger partial charge in [0.25, 0.3) is 0 Å². The zero-order valence-corrected chi connectivity index (χ0v) is 22.5. The Morgan fingerprint density at radius 3 is 2.17 bits per heavy atom. The lowest BCUT2D eigenvalue weighted by Gasteiger charge is -2.49. The van der Waals surface area contributed by atoms with Crippen LogP contribution in [0.15, 0.2) is 30.3 Å². The van der Waals surface area contributed by atoms with Crippen LogP contribution in [-0.2, 0) is 25.4 Å². The highest BCUT2D eigenvalue weighted by molar-refractivity contribution is 7.28. The van der Waals surface area contributed by atoms with Crippen molar-refractivity contribution in [1.29, 1.82) is 0 Å². The second-order valence-corrected chi connectivity index (χ2v) is 10.7. The first-order valence-corrected chi connectivity index (χ1v) is 12.9. The Kier molecular flexibility index (Phi) is 11.5. The number of aryl methyl sites for hydroxylation is 1. The SMILES string of the molecule is CC(C)NC(=O)C(CCCCN)(C(C)(C)O)[C@@]([PH+]=O)(C(=O)O)N(C)C(=O)CCCc1ccccc1. The molecule has 0 aliphatic heterocycles. The van der Waals surface area contributed by atoms with Crippen LogP contribution in [-0.4, -0.2) is 63.4 Å². The highest BCUT2D eigenvalue weighted by atomic mass is 31.1. The smallest absolute Gasteiger partial charge is 0.382 e. The molecule has 9 nitrogen and oxygen atoms in total. The van der Waals surface area contributed by atoms with E-state index in [2.05, 4.69) is 5.32 Å². The lowest BCUT2D eigenvalue weighted by Crippen LogP contribution is -2.73. The van der Waals surface area contributed by atoms with Crippen LogP contribution in [0.25, 0.3) is 0 Å². The van der Waals surface area contributed by atoms with E-state index in [-0.39, 0.29) is 18.9 Å². The van der Waals surface area contributed by atoms with Crippen LogP contribution >= 0.6 is 8.46 Å². The molecule has 35 heavy (non-hydrogen) atoms. The lowest BCUT2D eigenvalue weighted by molar-refractivity contribution is -0.183. The summed E-state index contributed by atoms with van der Waals surface area (Å²) in [7, 11) is -0.374. The number of carbonyl (C=O) groups excluding carboxylic acids is 2. The Bertz CT molecular complexity index is 874. The summed E-state index contributed by atoms with van der Waals surface area (Å²) >= 11 is 0. The van der Waals surface area contributed by atoms with Gasteiger partial charge < -0.3 is 21.3 Å². The van der Waals surface area contributed by atoms with Gasteiger partial charge in [-0.15, -0.1) is 0 Å². The second kappa shape index (κ2) is 13.1. The molecule has 2 amide bonds. The molecule has 0 aliphatic rings. The average Bonchev–Trinajstić information content (AvgIpc) is 2.77. The quantitative estimate of drug-likeness (QED) is 0.209. The largest absolute Gasteiger partial charge is 0.476 e. The molecule has 1 aromatic rings. The van der Waals surface area contributed by atoms with E-state index >= 15 is 0 Å². The standard InChI is InChI=1S/C25H40N3O6P/c1-18(2)27-21(30)24(23(3,4)33,16-9-10-17-26)25(35-34,22(31)32)28(5)20(29)15-11-14-19-12-7-6-8-13-19/h6-8,12-13,18,33H,9-11,14-17,26H2,1-5H3,(H,27,30)(H,31,32)/p+1/t24?,25-/m0/s1.